The molecule has 0 spiro atoms. The molecular weight excluding hydrogens is 344 g/mol. The van der Waals surface area contributed by atoms with Crippen LogP contribution in [0.25, 0.3) is 11.6 Å². The topological polar surface area (TPSA) is 90.2 Å². The van der Waals surface area contributed by atoms with Crippen molar-refractivity contribution in [2.75, 3.05) is 6.61 Å². The lowest BCUT2D eigenvalue weighted by Crippen LogP contribution is -2.23. The summed E-state index contributed by atoms with van der Waals surface area (Å²) in [5.74, 6) is -0.305. The zero-order chi connectivity index (χ0) is 18.9. The number of rotatable bonds is 2. The van der Waals surface area contributed by atoms with Crippen LogP contribution in [0.4, 0.5) is 0 Å². The third-order valence-corrected chi connectivity index (χ3v) is 5.85. The maximum Gasteiger partial charge on any atom is 0.158 e. The molecule has 3 atom stereocenters. The van der Waals surface area contributed by atoms with E-state index in [0.717, 1.165) is 39.0 Å². The number of aliphatic hydroxyl groups is 1. The van der Waals surface area contributed by atoms with Crippen LogP contribution in [0.15, 0.2) is 35.9 Å². The predicted molar refractivity (Wildman–Crippen MR) is 101 cm³/mol. The summed E-state index contributed by atoms with van der Waals surface area (Å²) in [6, 6.07) is 6.69. The molecule has 2 aromatic carbocycles. The zero-order valence-electron chi connectivity index (χ0n) is 14.8. The average molecular weight is 364 g/mol. The van der Waals surface area contributed by atoms with Crippen LogP contribution in [0, 0.1) is 0 Å². The van der Waals surface area contributed by atoms with Gasteiger partial charge in [0, 0.05) is 24.5 Å². The van der Waals surface area contributed by atoms with Gasteiger partial charge < -0.3 is 25.2 Å². The summed E-state index contributed by atoms with van der Waals surface area (Å²) in [5, 5.41) is 41.3. The molecule has 138 valence electrons. The highest BCUT2D eigenvalue weighted by Gasteiger charge is 2.44. The lowest BCUT2D eigenvalue weighted by Gasteiger charge is -2.31. The summed E-state index contributed by atoms with van der Waals surface area (Å²) in [7, 11) is 0. The molecule has 3 aliphatic carbocycles. The fraction of sp³-hybridized carbons (Fsp3) is 0.273. The number of allylic oxidation sites excluding steroid dienone is 2. The highest BCUT2D eigenvalue weighted by atomic mass is 16.5. The van der Waals surface area contributed by atoms with Crippen LogP contribution in [0.3, 0.4) is 0 Å². The van der Waals surface area contributed by atoms with Crippen molar-refractivity contribution >= 4 is 11.6 Å². The molecule has 4 N–H and O–H groups in total. The maximum atomic E-state index is 10.9. The molecule has 27 heavy (non-hydrogen) atoms. The number of ether oxygens (including phenoxy) is 1. The molecule has 5 nitrogen and oxygen atoms in total. The molecule has 2 aromatic rings. The summed E-state index contributed by atoms with van der Waals surface area (Å²) in [6.45, 7) is 2.39. The third kappa shape index (κ3) is 2.13. The van der Waals surface area contributed by atoms with Crippen molar-refractivity contribution in [3.8, 4) is 17.2 Å². The Morgan fingerprint density at radius 3 is 2.56 bits per heavy atom. The number of hydrogen-bond donors (Lipinski definition) is 4. The van der Waals surface area contributed by atoms with Crippen molar-refractivity contribution in [2.24, 2.45) is 0 Å². The molecule has 0 fully saturated rings. The highest BCUT2D eigenvalue weighted by Crippen LogP contribution is 2.57. The van der Waals surface area contributed by atoms with Gasteiger partial charge in [0.25, 0.3) is 0 Å². The Hall–Kier alpha value is -2.76. The van der Waals surface area contributed by atoms with Gasteiger partial charge in [-0.3, -0.25) is 0 Å². The van der Waals surface area contributed by atoms with Gasteiger partial charge in [-0.1, -0.05) is 18.2 Å². The minimum atomic E-state index is -0.688. The first-order chi connectivity index (χ1) is 13.0. The first-order valence-corrected chi connectivity index (χ1v) is 9.15. The monoisotopic (exact) mass is 364 g/mol. The second-order valence-corrected chi connectivity index (χ2v) is 7.26. The van der Waals surface area contributed by atoms with E-state index in [1.165, 1.54) is 0 Å². The normalized spacial score (nSPS) is 24.6. The smallest absolute Gasteiger partial charge is 0.158 e. The van der Waals surface area contributed by atoms with Crippen LogP contribution < -0.4 is 0 Å². The molecular formula is C22H20O5. The maximum absolute atomic E-state index is 10.9. The second-order valence-electron chi connectivity index (χ2n) is 7.26. The van der Waals surface area contributed by atoms with Crippen LogP contribution in [0.5, 0.6) is 17.2 Å². The van der Waals surface area contributed by atoms with E-state index < -0.39 is 6.10 Å². The standard InChI is InChI=1S/C22H20O5/c1-2-27-18-9-17(26)20-11-4-3-10-7-15(24)16(25)8-13(10)19(11)12-5-6-14(23)22(18)21(12)20/h3-8,17-19,23-26H,2,9H2,1H3. The average Bonchev–Trinajstić information content (AvgIpc) is 2.97. The number of aromatic hydroxyl groups is 3. The molecule has 0 bridgehead atoms. The highest BCUT2D eigenvalue weighted by molar-refractivity contribution is 5.91. The van der Waals surface area contributed by atoms with Gasteiger partial charge in [-0.25, -0.2) is 0 Å². The van der Waals surface area contributed by atoms with Crippen molar-refractivity contribution in [2.45, 2.75) is 31.5 Å². The third-order valence-electron chi connectivity index (χ3n) is 5.85. The second kappa shape index (κ2) is 5.62. The van der Waals surface area contributed by atoms with Gasteiger partial charge >= 0.3 is 0 Å². The van der Waals surface area contributed by atoms with Crippen LogP contribution in [-0.4, -0.2) is 33.1 Å². The van der Waals surface area contributed by atoms with Gasteiger partial charge in [-0.2, -0.15) is 0 Å². The van der Waals surface area contributed by atoms with E-state index in [2.05, 4.69) is 0 Å². The van der Waals surface area contributed by atoms with E-state index in [-0.39, 0.29) is 29.3 Å². The quantitative estimate of drug-likeness (QED) is 0.612. The summed E-state index contributed by atoms with van der Waals surface area (Å²) < 4.78 is 5.82. The zero-order valence-corrected chi connectivity index (χ0v) is 14.8. The largest absolute Gasteiger partial charge is 0.508 e. The Morgan fingerprint density at radius 1 is 1.00 bits per heavy atom. The van der Waals surface area contributed by atoms with E-state index in [1.807, 2.05) is 25.1 Å². The number of aliphatic hydroxyl groups excluding tert-OH is 1. The van der Waals surface area contributed by atoms with Gasteiger partial charge in [0.15, 0.2) is 11.5 Å². The van der Waals surface area contributed by atoms with Crippen LogP contribution in [-0.2, 0) is 4.74 Å². The Labute approximate surface area is 156 Å². The van der Waals surface area contributed by atoms with E-state index in [9.17, 15) is 20.4 Å². The first-order valence-electron chi connectivity index (χ1n) is 9.15. The molecule has 3 unspecified atom stereocenters. The molecule has 3 aliphatic rings. The van der Waals surface area contributed by atoms with Gasteiger partial charge in [0.05, 0.1) is 12.2 Å². The molecule has 0 aliphatic heterocycles. The summed E-state index contributed by atoms with van der Waals surface area (Å²) in [6.07, 6.45) is 3.20. The Morgan fingerprint density at radius 2 is 1.78 bits per heavy atom. The van der Waals surface area contributed by atoms with Crippen molar-refractivity contribution in [1.82, 2.24) is 0 Å². The van der Waals surface area contributed by atoms with E-state index in [0.29, 0.717) is 13.0 Å². The number of hydrogen-bond acceptors (Lipinski definition) is 5. The molecule has 0 radical (unpaired) electrons. The lowest BCUT2D eigenvalue weighted by atomic mass is 9.81. The fourth-order valence-corrected chi connectivity index (χ4v) is 4.81. The molecule has 0 saturated carbocycles. The Balaban J connectivity index is 1.81. The molecule has 5 heteroatoms. The van der Waals surface area contributed by atoms with Gasteiger partial charge in [0.2, 0.25) is 0 Å². The van der Waals surface area contributed by atoms with Crippen molar-refractivity contribution in [3.63, 3.8) is 0 Å². The first kappa shape index (κ1) is 16.4. The summed E-state index contributed by atoms with van der Waals surface area (Å²) in [5.41, 5.74) is 6.07. The number of phenolic OH excluding ortho intramolecular Hbond substituents is 3. The molecule has 0 aromatic heterocycles. The summed E-state index contributed by atoms with van der Waals surface area (Å²) in [4.78, 5) is 0. The minimum Gasteiger partial charge on any atom is -0.508 e. The molecule has 0 heterocycles. The fourth-order valence-electron chi connectivity index (χ4n) is 4.81. The SMILES string of the molecule is CCOC1CC(O)C2=C3C=Cc4cc(O)c(O)cc4C3c3ccc(O)c1c32. The van der Waals surface area contributed by atoms with E-state index in [1.54, 1.807) is 18.2 Å². The summed E-state index contributed by atoms with van der Waals surface area (Å²) >= 11 is 0. The van der Waals surface area contributed by atoms with Gasteiger partial charge in [-0.15, -0.1) is 0 Å². The van der Waals surface area contributed by atoms with Crippen molar-refractivity contribution in [3.05, 3.63) is 63.7 Å². The predicted octanol–water partition coefficient (Wildman–Crippen LogP) is 3.57. The van der Waals surface area contributed by atoms with Crippen LogP contribution in [0.2, 0.25) is 0 Å². The molecule has 0 amide bonds. The van der Waals surface area contributed by atoms with E-state index in [4.69, 9.17) is 4.74 Å². The number of benzene rings is 2. The van der Waals surface area contributed by atoms with Crippen molar-refractivity contribution < 1.29 is 25.2 Å². The van der Waals surface area contributed by atoms with Crippen LogP contribution >= 0.6 is 0 Å². The minimum absolute atomic E-state index is 0.156. The Bertz CT molecular complexity index is 1030. The Kier molecular flexibility index (Phi) is 3.41. The van der Waals surface area contributed by atoms with Crippen LogP contribution in [0.1, 0.15) is 53.2 Å². The van der Waals surface area contributed by atoms with Gasteiger partial charge in [-0.05, 0) is 58.5 Å². The van der Waals surface area contributed by atoms with Gasteiger partial charge in [0.1, 0.15) is 5.75 Å². The molecule has 5 rings (SSSR count). The lowest BCUT2D eigenvalue weighted by molar-refractivity contribution is 0.0261. The number of fused-ring (bicyclic) bond motifs is 4. The van der Waals surface area contributed by atoms with Crippen molar-refractivity contribution in [1.29, 1.82) is 0 Å². The number of phenols is 3. The molecule has 0 saturated heterocycles. The van der Waals surface area contributed by atoms with E-state index >= 15 is 0 Å².